The average Bonchev–Trinajstić information content (AvgIpc) is 3.26. The maximum Gasteiger partial charge on any atom is 0.349 e. The van der Waals surface area contributed by atoms with E-state index < -0.39 is 15.5 Å². The molecule has 28 heavy (non-hydrogen) atoms. The van der Waals surface area contributed by atoms with Crippen LogP contribution in [0.1, 0.15) is 40.5 Å². The number of carbonyl (C=O) groups excluding carboxylic acids is 1. The maximum absolute atomic E-state index is 12.7. The summed E-state index contributed by atoms with van der Waals surface area (Å²) in [5.74, 6) is 0.247. The molecule has 1 aliphatic carbocycles. The lowest BCUT2D eigenvalue weighted by atomic mass is 10.1. The topological polar surface area (TPSA) is 86.1 Å². The highest BCUT2D eigenvalue weighted by Gasteiger charge is 2.33. The van der Waals surface area contributed by atoms with Gasteiger partial charge in [-0.05, 0) is 49.9 Å². The normalized spacial score (nSPS) is 20.2. The number of rotatable bonds is 5. The summed E-state index contributed by atoms with van der Waals surface area (Å²) in [6, 6.07) is 6.38. The molecule has 1 fully saturated rings. The van der Waals surface area contributed by atoms with Gasteiger partial charge in [0.25, 0.3) is 0 Å². The molecule has 1 aromatic carbocycles. The van der Waals surface area contributed by atoms with Gasteiger partial charge in [-0.3, -0.25) is 9.36 Å². The van der Waals surface area contributed by atoms with Crippen LogP contribution < -0.4 is 5.69 Å². The van der Waals surface area contributed by atoms with Crippen molar-refractivity contribution < 1.29 is 13.2 Å². The number of Topliss-reactive ketones (excluding diaryl/α,β-unsaturated/α-hetero) is 1. The molecule has 0 spiro atoms. The van der Waals surface area contributed by atoms with Gasteiger partial charge in [0, 0.05) is 21.8 Å². The molecule has 148 valence electrons. The van der Waals surface area contributed by atoms with Crippen LogP contribution in [0.2, 0.25) is 5.02 Å². The van der Waals surface area contributed by atoms with E-state index in [-0.39, 0.29) is 29.1 Å². The number of hydrogen-bond acceptors (Lipinski definition) is 6. The summed E-state index contributed by atoms with van der Waals surface area (Å²) in [4.78, 5) is 29.3. The second-order valence-electron chi connectivity index (χ2n) is 7.12. The number of hydrogen-bond donors (Lipinski definition) is 0. The van der Waals surface area contributed by atoms with E-state index in [1.807, 2.05) is 0 Å². The molecular weight excluding hydrogens is 420 g/mol. The van der Waals surface area contributed by atoms with Crippen LogP contribution in [0.15, 0.2) is 34.1 Å². The van der Waals surface area contributed by atoms with Crippen molar-refractivity contribution in [3.63, 3.8) is 0 Å². The second kappa shape index (κ2) is 7.65. The molecule has 4 rings (SSSR count). The molecule has 1 atom stereocenters. The minimum atomic E-state index is -3.09. The third-order valence-corrected chi connectivity index (χ3v) is 8.24. The molecule has 1 saturated heterocycles. The average molecular weight is 439 g/mol. The van der Waals surface area contributed by atoms with Gasteiger partial charge in [-0.25, -0.2) is 13.2 Å². The molecule has 2 aliphatic rings. The zero-order valence-corrected chi connectivity index (χ0v) is 17.4. The van der Waals surface area contributed by atoms with E-state index in [1.165, 1.54) is 11.8 Å². The van der Waals surface area contributed by atoms with Crippen LogP contribution in [0.4, 0.5) is 0 Å². The van der Waals surface area contributed by atoms with E-state index in [4.69, 9.17) is 11.6 Å². The van der Waals surface area contributed by atoms with Crippen LogP contribution in [0.5, 0.6) is 0 Å². The lowest BCUT2D eigenvalue weighted by Gasteiger charge is -2.18. The van der Waals surface area contributed by atoms with Gasteiger partial charge in [0.1, 0.15) is 5.03 Å². The SMILES string of the molecule is O=C(CSc1nc(=O)n(C2CCS(=O)(=O)C2)c2c1CCC2)c1ccc(Cl)cc1. The summed E-state index contributed by atoms with van der Waals surface area (Å²) in [5, 5.41) is 1.16. The van der Waals surface area contributed by atoms with E-state index in [1.54, 1.807) is 28.8 Å². The highest BCUT2D eigenvalue weighted by Crippen LogP contribution is 2.33. The minimum absolute atomic E-state index is 0.00255. The van der Waals surface area contributed by atoms with Crippen molar-refractivity contribution in [2.45, 2.75) is 36.8 Å². The van der Waals surface area contributed by atoms with Gasteiger partial charge in [0.05, 0.1) is 23.3 Å². The molecule has 6 nitrogen and oxygen atoms in total. The van der Waals surface area contributed by atoms with Crippen molar-refractivity contribution in [2.75, 3.05) is 17.3 Å². The summed E-state index contributed by atoms with van der Waals surface area (Å²) in [6.45, 7) is 0. The number of halogens is 1. The number of carbonyl (C=O) groups is 1. The number of thioether (sulfide) groups is 1. The van der Waals surface area contributed by atoms with E-state index in [2.05, 4.69) is 4.98 Å². The predicted molar refractivity (Wildman–Crippen MR) is 109 cm³/mol. The van der Waals surface area contributed by atoms with Crippen LogP contribution in [0.25, 0.3) is 0 Å². The van der Waals surface area contributed by atoms with Gasteiger partial charge in [-0.1, -0.05) is 23.4 Å². The molecule has 0 amide bonds. The van der Waals surface area contributed by atoms with E-state index in [0.717, 1.165) is 30.5 Å². The van der Waals surface area contributed by atoms with Gasteiger partial charge in [0.2, 0.25) is 0 Å². The fraction of sp³-hybridized carbons (Fsp3) is 0.421. The summed E-state index contributed by atoms with van der Waals surface area (Å²) < 4.78 is 25.3. The second-order valence-corrected chi connectivity index (χ2v) is 10.8. The first-order valence-electron chi connectivity index (χ1n) is 9.10. The Bertz CT molecular complexity index is 1090. The van der Waals surface area contributed by atoms with Crippen molar-refractivity contribution >= 4 is 39.0 Å². The first-order valence-corrected chi connectivity index (χ1v) is 12.3. The van der Waals surface area contributed by atoms with Crippen LogP contribution in [0, 0.1) is 0 Å². The molecule has 2 aromatic rings. The van der Waals surface area contributed by atoms with Gasteiger partial charge in [-0.2, -0.15) is 4.98 Å². The first kappa shape index (κ1) is 19.7. The van der Waals surface area contributed by atoms with Gasteiger partial charge < -0.3 is 0 Å². The van der Waals surface area contributed by atoms with E-state index in [9.17, 15) is 18.0 Å². The highest BCUT2D eigenvalue weighted by atomic mass is 35.5. The Kier molecular flexibility index (Phi) is 5.37. The third kappa shape index (κ3) is 3.90. The van der Waals surface area contributed by atoms with Crippen LogP contribution in [-0.4, -0.2) is 41.0 Å². The molecule has 1 aromatic heterocycles. The predicted octanol–water partition coefficient (Wildman–Crippen LogP) is 2.72. The Morgan fingerprint density at radius 1 is 1.25 bits per heavy atom. The number of sulfone groups is 1. The Balaban J connectivity index is 1.58. The van der Waals surface area contributed by atoms with Crippen molar-refractivity contribution in [3.05, 3.63) is 56.6 Å². The van der Waals surface area contributed by atoms with Crippen molar-refractivity contribution in [1.82, 2.24) is 9.55 Å². The number of fused-ring (bicyclic) bond motifs is 1. The summed E-state index contributed by atoms with van der Waals surface area (Å²) in [5.41, 5.74) is 2.03. The zero-order chi connectivity index (χ0) is 19.9. The molecular formula is C19H19ClN2O4S2. The van der Waals surface area contributed by atoms with Crippen molar-refractivity contribution in [3.8, 4) is 0 Å². The summed E-state index contributed by atoms with van der Waals surface area (Å²) >= 11 is 7.13. The van der Waals surface area contributed by atoms with Crippen molar-refractivity contribution in [2.24, 2.45) is 0 Å². The Hall–Kier alpha value is -1.64. The maximum atomic E-state index is 12.7. The molecule has 0 saturated carbocycles. The van der Waals surface area contributed by atoms with E-state index in [0.29, 0.717) is 22.0 Å². The smallest absolute Gasteiger partial charge is 0.293 e. The lowest BCUT2D eigenvalue weighted by Crippen LogP contribution is -2.31. The standard InChI is InChI=1S/C19H19ClN2O4S2/c20-13-6-4-12(5-7-13)17(23)10-27-18-15-2-1-3-16(15)22(19(24)21-18)14-8-9-28(25,26)11-14/h4-7,14H,1-3,8-11H2. The third-order valence-electron chi connectivity index (χ3n) is 5.22. The number of ketones is 1. The van der Waals surface area contributed by atoms with E-state index >= 15 is 0 Å². The van der Waals surface area contributed by atoms with Gasteiger partial charge in [0.15, 0.2) is 15.6 Å². The summed E-state index contributed by atoms with van der Waals surface area (Å²) in [6.07, 6.45) is 2.89. The summed E-state index contributed by atoms with van der Waals surface area (Å²) in [7, 11) is -3.09. The fourth-order valence-corrected chi connectivity index (χ4v) is 6.67. The van der Waals surface area contributed by atoms with Crippen LogP contribution >= 0.6 is 23.4 Å². The molecule has 0 radical (unpaired) electrons. The molecule has 9 heteroatoms. The lowest BCUT2D eigenvalue weighted by molar-refractivity contribution is 0.102. The molecule has 1 unspecified atom stereocenters. The monoisotopic (exact) mass is 438 g/mol. The van der Waals surface area contributed by atoms with Gasteiger partial charge in [-0.15, -0.1) is 0 Å². The fourth-order valence-electron chi connectivity index (χ4n) is 3.88. The molecule has 1 aliphatic heterocycles. The van der Waals surface area contributed by atoms with Gasteiger partial charge >= 0.3 is 5.69 Å². The highest BCUT2D eigenvalue weighted by molar-refractivity contribution is 8.00. The molecule has 2 heterocycles. The minimum Gasteiger partial charge on any atom is -0.293 e. The van der Waals surface area contributed by atoms with Crippen molar-refractivity contribution in [1.29, 1.82) is 0 Å². The Morgan fingerprint density at radius 2 is 2.00 bits per heavy atom. The first-order chi connectivity index (χ1) is 13.3. The Labute approximate surface area is 172 Å². The quantitative estimate of drug-likeness (QED) is 0.405. The Morgan fingerprint density at radius 3 is 2.68 bits per heavy atom. The number of aromatic nitrogens is 2. The number of benzene rings is 1. The molecule has 0 bridgehead atoms. The van der Waals surface area contributed by atoms with Crippen LogP contribution in [-0.2, 0) is 22.7 Å². The number of nitrogens with zero attached hydrogens (tertiary/aromatic N) is 2. The zero-order valence-electron chi connectivity index (χ0n) is 15.1. The molecule has 0 N–H and O–H groups in total. The van der Waals surface area contributed by atoms with Crippen LogP contribution in [0.3, 0.4) is 0 Å². The largest absolute Gasteiger partial charge is 0.349 e.